The highest BCUT2D eigenvalue weighted by atomic mass is 16.3. The Kier molecular flexibility index (Phi) is 5.15. The highest BCUT2D eigenvalue weighted by Crippen LogP contribution is 2.25. The molecule has 0 spiro atoms. The van der Waals surface area contributed by atoms with Crippen molar-refractivity contribution in [1.29, 1.82) is 0 Å². The van der Waals surface area contributed by atoms with E-state index in [0.717, 1.165) is 5.69 Å². The van der Waals surface area contributed by atoms with Crippen molar-refractivity contribution in [2.45, 2.75) is 33.8 Å². The molecule has 1 unspecified atom stereocenters. The lowest BCUT2D eigenvalue weighted by Crippen LogP contribution is -2.43. The molecule has 6 heteroatoms. The van der Waals surface area contributed by atoms with E-state index in [1.165, 1.54) is 6.33 Å². The lowest BCUT2D eigenvalue weighted by atomic mass is 9.80. The first kappa shape index (κ1) is 17.1. The largest absolute Gasteiger partial charge is 0.392 e. The molecule has 1 atom stereocenters. The predicted octanol–water partition coefficient (Wildman–Crippen LogP) is 2.04. The normalized spacial score (nSPS) is 13.1. The Morgan fingerprint density at radius 2 is 2.13 bits per heavy atom. The van der Waals surface area contributed by atoms with Gasteiger partial charge in [-0.1, -0.05) is 33.8 Å². The molecule has 1 amide bonds. The van der Waals surface area contributed by atoms with Gasteiger partial charge in [0.1, 0.15) is 12.7 Å². The number of nitrogens with one attached hydrogen (secondary N) is 1. The zero-order valence-electron chi connectivity index (χ0n) is 14.0. The molecule has 0 saturated heterocycles. The molecule has 124 valence electrons. The lowest BCUT2D eigenvalue weighted by molar-refractivity contribution is 0.0138. The number of hydrogen-bond acceptors (Lipinski definition) is 4. The minimum absolute atomic E-state index is 0.137. The number of benzene rings is 1. The van der Waals surface area contributed by atoms with Crippen LogP contribution in [0.5, 0.6) is 0 Å². The molecule has 0 aliphatic heterocycles. The van der Waals surface area contributed by atoms with E-state index in [9.17, 15) is 9.90 Å². The van der Waals surface area contributed by atoms with Crippen molar-refractivity contribution in [2.24, 2.45) is 11.3 Å². The molecule has 0 saturated carbocycles. The fourth-order valence-corrected chi connectivity index (χ4v) is 2.55. The summed E-state index contributed by atoms with van der Waals surface area (Å²) >= 11 is 0. The van der Waals surface area contributed by atoms with E-state index in [0.29, 0.717) is 12.1 Å². The van der Waals surface area contributed by atoms with Gasteiger partial charge in [0.15, 0.2) is 0 Å². The van der Waals surface area contributed by atoms with Crippen LogP contribution in [0, 0.1) is 11.3 Å². The average Bonchev–Trinajstić information content (AvgIpc) is 3.06. The number of hydrogen-bond donors (Lipinski definition) is 2. The maximum atomic E-state index is 12.4. The van der Waals surface area contributed by atoms with Gasteiger partial charge in [-0.05, 0) is 24.1 Å². The fourth-order valence-electron chi connectivity index (χ4n) is 2.55. The van der Waals surface area contributed by atoms with Crippen molar-refractivity contribution in [3.05, 3.63) is 42.5 Å². The summed E-state index contributed by atoms with van der Waals surface area (Å²) in [5.41, 5.74) is 0.928. The number of amides is 1. The van der Waals surface area contributed by atoms with E-state index in [1.54, 1.807) is 29.2 Å². The summed E-state index contributed by atoms with van der Waals surface area (Å²) in [7, 11) is 0. The molecule has 23 heavy (non-hydrogen) atoms. The fraction of sp³-hybridized carbons (Fsp3) is 0.471. The van der Waals surface area contributed by atoms with Gasteiger partial charge < -0.3 is 10.4 Å². The van der Waals surface area contributed by atoms with Crippen molar-refractivity contribution in [3.8, 4) is 5.69 Å². The molecule has 0 aliphatic rings. The molecule has 2 aromatic rings. The SMILES string of the molecule is CC(C)C(O)C(C)(C)CNC(=O)c1cccc(-n2cncn2)c1. The number of rotatable bonds is 6. The van der Waals surface area contributed by atoms with Crippen LogP contribution in [0.4, 0.5) is 0 Å². The molecule has 0 radical (unpaired) electrons. The third-order valence-electron chi connectivity index (χ3n) is 3.93. The molecule has 0 bridgehead atoms. The van der Waals surface area contributed by atoms with Gasteiger partial charge in [0.05, 0.1) is 11.8 Å². The molecular weight excluding hydrogens is 292 g/mol. The van der Waals surface area contributed by atoms with Gasteiger partial charge in [0.2, 0.25) is 0 Å². The smallest absolute Gasteiger partial charge is 0.251 e. The Bertz CT molecular complexity index is 650. The number of aliphatic hydroxyl groups excluding tert-OH is 1. The standard InChI is InChI=1S/C17H24N4O2/c1-12(2)15(22)17(3,4)9-19-16(23)13-6-5-7-14(8-13)21-11-18-10-20-21/h5-8,10-12,15,22H,9H2,1-4H3,(H,19,23). The quantitative estimate of drug-likeness (QED) is 0.854. The zero-order chi connectivity index (χ0) is 17.0. The Morgan fingerprint density at radius 1 is 1.39 bits per heavy atom. The van der Waals surface area contributed by atoms with Crippen molar-refractivity contribution in [1.82, 2.24) is 20.1 Å². The van der Waals surface area contributed by atoms with Gasteiger partial charge >= 0.3 is 0 Å². The van der Waals surface area contributed by atoms with Crippen LogP contribution in [0.1, 0.15) is 38.1 Å². The summed E-state index contributed by atoms with van der Waals surface area (Å²) in [4.78, 5) is 16.3. The molecule has 6 nitrogen and oxygen atoms in total. The Morgan fingerprint density at radius 3 is 2.74 bits per heavy atom. The van der Waals surface area contributed by atoms with Crippen LogP contribution in [0.25, 0.3) is 5.69 Å². The molecule has 1 aromatic heterocycles. The third kappa shape index (κ3) is 4.16. The van der Waals surface area contributed by atoms with Crippen LogP contribution in [-0.4, -0.2) is 38.4 Å². The second-order valence-electron chi connectivity index (χ2n) is 6.75. The highest BCUT2D eigenvalue weighted by Gasteiger charge is 2.30. The highest BCUT2D eigenvalue weighted by molar-refractivity contribution is 5.94. The summed E-state index contributed by atoms with van der Waals surface area (Å²) in [6.45, 7) is 8.23. The lowest BCUT2D eigenvalue weighted by Gasteiger charge is -2.33. The summed E-state index contributed by atoms with van der Waals surface area (Å²) in [5, 5.41) is 17.2. The number of carbonyl (C=O) groups excluding carboxylic acids is 1. The topological polar surface area (TPSA) is 80.0 Å². The van der Waals surface area contributed by atoms with Gasteiger partial charge in [-0.3, -0.25) is 4.79 Å². The number of aliphatic hydroxyl groups is 1. The molecular formula is C17H24N4O2. The molecule has 0 aliphatic carbocycles. The Balaban J connectivity index is 2.06. The zero-order valence-corrected chi connectivity index (χ0v) is 14.0. The van der Waals surface area contributed by atoms with Gasteiger partial charge in [0.25, 0.3) is 5.91 Å². The predicted molar refractivity (Wildman–Crippen MR) is 88.3 cm³/mol. The number of aromatic nitrogens is 3. The van der Waals surface area contributed by atoms with E-state index in [-0.39, 0.29) is 11.8 Å². The first-order valence-electron chi connectivity index (χ1n) is 7.72. The van der Waals surface area contributed by atoms with Crippen LogP contribution in [0.3, 0.4) is 0 Å². The molecule has 2 rings (SSSR count). The second-order valence-corrected chi connectivity index (χ2v) is 6.75. The number of nitrogens with zero attached hydrogens (tertiary/aromatic N) is 3. The first-order chi connectivity index (χ1) is 10.8. The maximum Gasteiger partial charge on any atom is 0.251 e. The van der Waals surface area contributed by atoms with Gasteiger partial charge in [-0.15, -0.1) is 0 Å². The minimum Gasteiger partial charge on any atom is -0.392 e. The second kappa shape index (κ2) is 6.91. The van der Waals surface area contributed by atoms with Gasteiger partial charge in [0, 0.05) is 17.5 Å². The van der Waals surface area contributed by atoms with Crippen molar-refractivity contribution < 1.29 is 9.90 Å². The van der Waals surface area contributed by atoms with Crippen LogP contribution in [0.2, 0.25) is 0 Å². The van der Waals surface area contributed by atoms with Crippen molar-refractivity contribution in [3.63, 3.8) is 0 Å². The molecule has 0 fully saturated rings. The van der Waals surface area contributed by atoms with Crippen LogP contribution in [-0.2, 0) is 0 Å². The average molecular weight is 316 g/mol. The Hall–Kier alpha value is -2.21. The maximum absolute atomic E-state index is 12.4. The molecule has 2 N–H and O–H groups in total. The van der Waals surface area contributed by atoms with E-state index < -0.39 is 11.5 Å². The van der Waals surface area contributed by atoms with E-state index in [2.05, 4.69) is 15.4 Å². The van der Waals surface area contributed by atoms with E-state index >= 15 is 0 Å². The van der Waals surface area contributed by atoms with Gasteiger partial charge in [-0.2, -0.15) is 5.10 Å². The van der Waals surface area contributed by atoms with Crippen LogP contribution in [0.15, 0.2) is 36.9 Å². The Labute approximate surface area is 136 Å². The summed E-state index contributed by atoms with van der Waals surface area (Å²) < 4.78 is 1.60. The summed E-state index contributed by atoms with van der Waals surface area (Å²) in [6.07, 6.45) is 2.55. The number of carbonyl (C=O) groups is 1. The summed E-state index contributed by atoms with van der Waals surface area (Å²) in [5.74, 6) is -0.0338. The first-order valence-corrected chi connectivity index (χ1v) is 7.72. The monoisotopic (exact) mass is 316 g/mol. The van der Waals surface area contributed by atoms with Crippen molar-refractivity contribution in [2.75, 3.05) is 6.54 Å². The van der Waals surface area contributed by atoms with E-state index in [4.69, 9.17) is 0 Å². The van der Waals surface area contributed by atoms with Crippen LogP contribution >= 0.6 is 0 Å². The molecule has 1 heterocycles. The molecule has 1 aromatic carbocycles. The minimum atomic E-state index is -0.482. The summed E-state index contributed by atoms with van der Waals surface area (Å²) in [6, 6.07) is 7.18. The van der Waals surface area contributed by atoms with Gasteiger partial charge in [-0.25, -0.2) is 9.67 Å². The van der Waals surface area contributed by atoms with Crippen LogP contribution < -0.4 is 5.32 Å². The van der Waals surface area contributed by atoms with Crippen molar-refractivity contribution >= 4 is 5.91 Å². The van der Waals surface area contributed by atoms with E-state index in [1.807, 2.05) is 33.8 Å². The third-order valence-corrected chi connectivity index (χ3v) is 3.93.